The summed E-state index contributed by atoms with van der Waals surface area (Å²) in [6, 6.07) is 3.71. The maximum atomic E-state index is 14.4. The van der Waals surface area contributed by atoms with Crippen molar-refractivity contribution < 1.29 is 23.5 Å². The molecule has 0 bridgehead atoms. The van der Waals surface area contributed by atoms with Gasteiger partial charge in [0, 0.05) is 18.8 Å². The Hall–Kier alpha value is -2.55. The number of hydrazine groups is 1. The summed E-state index contributed by atoms with van der Waals surface area (Å²) >= 11 is 0. The predicted octanol–water partition coefficient (Wildman–Crippen LogP) is 2.22. The minimum atomic E-state index is -0.783. The SMILES string of the molecule is CCOC(=O)NNC(=O)Nc1ccc(N2C[C@H](C)O[C@@H](C)C2)c(F)c1. The van der Waals surface area contributed by atoms with E-state index in [1.807, 2.05) is 18.7 Å². The summed E-state index contributed by atoms with van der Waals surface area (Å²) in [6.45, 7) is 6.89. The van der Waals surface area contributed by atoms with Gasteiger partial charge in [-0.1, -0.05) is 0 Å². The van der Waals surface area contributed by atoms with Gasteiger partial charge in [-0.2, -0.15) is 0 Å². The fourth-order valence-electron chi connectivity index (χ4n) is 2.65. The quantitative estimate of drug-likeness (QED) is 0.724. The van der Waals surface area contributed by atoms with Crippen LogP contribution in [0.2, 0.25) is 0 Å². The first kappa shape index (κ1) is 18.8. The minimum Gasteiger partial charge on any atom is -0.449 e. The molecule has 2 rings (SSSR count). The van der Waals surface area contributed by atoms with Gasteiger partial charge < -0.3 is 19.7 Å². The van der Waals surface area contributed by atoms with E-state index in [-0.39, 0.29) is 24.5 Å². The average Bonchev–Trinajstić information content (AvgIpc) is 2.52. The number of carbonyl (C=O) groups is 2. The molecule has 1 aliphatic rings. The lowest BCUT2D eigenvalue weighted by Gasteiger charge is -2.37. The van der Waals surface area contributed by atoms with Crippen molar-refractivity contribution in [1.29, 1.82) is 0 Å². The van der Waals surface area contributed by atoms with E-state index < -0.39 is 17.9 Å². The Kier molecular flexibility index (Phi) is 6.40. The third-order valence-electron chi connectivity index (χ3n) is 3.52. The number of hydrogen-bond acceptors (Lipinski definition) is 5. The number of urea groups is 1. The van der Waals surface area contributed by atoms with Crippen molar-refractivity contribution in [2.45, 2.75) is 33.0 Å². The Bertz CT molecular complexity index is 618. The van der Waals surface area contributed by atoms with Gasteiger partial charge in [0.25, 0.3) is 0 Å². The average molecular weight is 354 g/mol. The van der Waals surface area contributed by atoms with Crippen molar-refractivity contribution in [3.05, 3.63) is 24.0 Å². The van der Waals surface area contributed by atoms with E-state index in [1.165, 1.54) is 6.07 Å². The highest BCUT2D eigenvalue weighted by atomic mass is 19.1. The molecule has 2 atom stereocenters. The second-order valence-corrected chi connectivity index (χ2v) is 5.75. The highest BCUT2D eigenvalue weighted by Gasteiger charge is 2.24. The van der Waals surface area contributed by atoms with Crippen LogP contribution in [0.15, 0.2) is 18.2 Å². The number of halogens is 1. The number of hydrogen-bond donors (Lipinski definition) is 3. The number of benzene rings is 1. The molecule has 0 saturated carbocycles. The molecule has 1 saturated heterocycles. The largest absolute Gasteiger partial charge is 0.449 e. The van der Waals surface area contributed by atoms with Gasteiger partial charge >= 0.3 is 12.1 Å². The number of amides is 3. The van der Waals surface area contributed by atoms with Crippen molar-refractivity contribution in [2.24, 2.45) is 0 Å². The molecule has 0 aliphatic carbocycles. The summed E-state index contributed by atoms with van der Waals surface area (Å²) in [7, 11) is 0. The fourth-order valence-corrected chi connectivity index (χ4v) is 2.65. The van der Waals surface area contributed by atoms with E-state index in [9.17, 15) is 14.0 Å². The van der Waals surface area contributed by atoms with Gasteiger partial charge in [-0.05, 0) is 39.0 Å². The van der Waals surface area contributed by atoms with E-state index in [0.717, 1.165) is 0 Å². The van der Waals surface area contributed by atoms with E-state index >= 15 is 0 Å². The number of morpholine rings is 1. The molecule has 138 valence electrons. The van der Waals surface area contributed by atoms with Crippen LogP contribution < -0.4 is 21.1 Å². The first-order valence-electron chi connectivity index (χ1n) is 8.08. The first-order valence-corrected chi connectivity index (χ1v) is 8.08. The Balaban J connectivity index is 1.95. The molecule has 9 heteroatoms. The molecule has 0 unspecified atom stereocenters. The summed E-state index contributed by atoms with van der Waals surface area (Å²) < 4.78 is 24.6. The number of rotatable bonds is 3. The van der Waals surface area contributed by atoms with Crippen molar-refractivity contribution >= 4 is 23.5 Å². The van der Waals surface area contributed by atoms with E-state index in [4.69, 9.17) is 4.74 Å². The zero-order chi connectivity index (χ0) is 18.4. The summed E-state index contributed by atoms with van der Waals surface area (Å²) in [6.07, 6.45) is -0.754. The fraction of sp³-hybridized carbons (Fsp3) is 0.500. The second-order valence-electron chi connectivity index (χ2n) is 5.75. The van der Waals surface area contributed by atoms with Crippen LogP contribution >= 0.6 is 0 Å². The van der Waals surface area contributed by atoms with Crippen LogP contribution in [0.5, 0.6) is 0 Å². The van der Waals surface area contributed by atoms with Crippen LogP contribution in [0.1, 0.15) is 20.8 Å². The Morgan fingerprint density at radius 3 is 2.56 bits per heavy atom. The molecule has 0 spiro atoms. The third-order valence-corrected chi connectivity index (χ3v) is 3.52. The van der Waals surface area contributed by atoms with Gasteiger partial charge in [-0.25, -0.2) is 24.8 Å². The van der Waals surface area contributed by atoms with Crippen LogP contribution in [-0.4, -0.2) is 44.0 Å². The number of ether oxygens (including phenoxy) is 2. The van der Waals surface area contributed by atoms with Gasteiger partial charge in [-0.3, -0.25) is 0 Å². The molecule has 0 radical (unpaired) electrons. The molecular formula is C16H23FN4O4. The van der Waals surface area contributed by atoms with E-state index in [2.05, 4.69) is 20.9 Å². The zero-order valence-corrected chi connectivity index (χ0v) is 14.5. The normalized spacial score (nSPS) is 19.9. The number of carbonyl (C=O) groups excluding carboxylic acids is 2. The van der Waals surface area contributed by atoms with Crippen molar-refractivity contribution in [2.75, 3.05) is 29.9 Å². The molecular weight excluding hydrogens is 331 g/mol. The Morgan fingerprint density at radius 2 is 1.96 bits per heavy atom. The van der Waals surface area contributed by atoms with E-state index in [1.54, 1.807) is 19.1 Å². The first-order chi connectivity index (χ1) is 11.9. The summed E-state index contributed by atoms with van der Waals surface area (Å²) in [5, 5.41) is 2.42. The van der Waals surface area contributed by atoms with Gasteiger partial charge in [0.2, 0.25) is 0 Å². The molecule has 1 heterocycles. The summed E-state index contributed by atoms with van der Waals surface area (Å²) in [5.74, 6) is -0.447. The monoisotopic (exact) mass is 354 g/mol. The molecule has 1 fully saturated rings. The molecule has 3 N–H and O–H groups in total. The molecule has 1 aromatic rings. The number of nitrogens with one attached hydrogen (secondary N) is 3. The molecule has 25 heavy (non-hydrogen) atoms. The predicted molar refractivity (Wildman–Crippen MR) is 90.9 cm³/mol. The molecule has 0 aromatic heterocycles. The second kappa shape index (κ2) is 8.52. The minimum absolute atomic E-state index is 0.0145. The van der Waals surface area contributed by atoms with Crippen LogP contribution in [-0.2, 0) is 9.47 Å². The van der Waals surface area contributed by atoms with Gasteiger partial charge in [0.15, 0.2) is 0 Å². The van der Waals surface area contributed by atoms with Gasteiger partial charge in [0.05, 0.1) is 24.5 Å². The van der Waals surface area contributed by atoms with Crippen LogP contribution in [0.25, 0.3) is 0 Å². The lowest BCUT2D eigenvalue weighted by molar-refractivity contribution is -0.00539. The zero-order valence-electron chi connectivity index (χ0n) is 14.5. The lowest BCUT2D eigenvalue weighted by atomic mass is 10.2. The maximum Gasteiger partial charge on any atom is 0.426 e. The number of anilines is 2. The van der Waals surface area contributed by atoms with Crippen molar-refractivity contribution in [3.63, 3.8) is 0 Å². The standard InChI is InChI=1S/C16H23FN4O4/c1-4-24-16(23)20-19-15(22)18-12-5-6-14(13(17)7-12)21-8-10(2)25-11(3)9-21/h5-7,10-11H,4,8-9H2,1-3H3,(H,20,23)(H2,18,19,22)/t10-,11-/m0/s1. The Morgan fingerprint density at radius 1 is 1.28 bits per heavy atom. The summed E-state index contributed by atoms with van der Waals surface area (Å²) in [5.41, 5.74) is 4.87. The van der Waals surface area contributed by atoms with Crippen LogP contribution in [0, 0.1) is 5.82 Å². The Labute approximate surface area is 145 Å². The number of nitrogens with zero attached hydrogens (tertiary/aromatic N) is 1. The van der Waals surface area contributed by atoms with Crippen LogP contribution in [0.4, 0.5) is 25.4 Å². The third kappa shape index (κ3) is 5.49. The highest BCUT2D eigenvalue weighted by Crippen LogP contribution is 2.26. The topological polar surface area (TPSA) is 91.9 Å². The maximum absolute atomic E-state index is 14.4. The molecule has 3 amide bonds. The van der Waals surface area contributed by atoms with Gasteiger partial charge in [0.1, 0.15) is 5.82 Å². The van der Waals surface area contributed by atoms with E-state index in [0.29, 0.717) is 18.8 Å². The smallest absolute Gasteiger partial charge is 0.426 e. The molecule has 1 aliphatic heterocycles. The molecule has 1 aromatic carbocycles. The van der Waals surface area contributed by atoms with Gasteiger partial charge in [-0.15, -0.1) is 0 Å². The molecule has 8 nitrogen and oxygen atoms in total. The van der Waals surface area contributed by atoms with Crippen molar-refractivity contribution in [3.8, 4) is 0 Å². The highest BCUT2D eigenvalue weighted by molar-refractivity contribution is 5.90. The summed E-state index contributed by atoms with van der Waals surface area (Å²) in [4.78, 5) is 24.7. The van der Waals surface area contributed by atoms with Crippen LogP contribution in [0.3, 0.4) is 0 Å². The van der Waals surface area contributed by atoms with Crippen molar-refractivity contribution in [1.82, 2.24) is 10.9 Å². The lowest BCUT2D eigenvalue weighted by Crippen LogP contribution is -2.46.